The van der Waals surface area contributed by atoms with Crippen molar-refractivity contribution in [1.29, 1.82) is 0 Å². The molecule has 3 heterocycles. The highest BCUT2D eigenvalue weighted by Crippen LogP contribution is 2.47. The highest BCUT2D eigenvalue weighted by atomic mass is 32.2. The number of carbonyl (C=O) groups is 4. The van der Waals surface area contributed by atoms with Gasteiger partial charge < -0.3 is 24.9 Å². The minimum Gasteiger partial charge on any atom is -0.464 e. The molecule has 0 spiro atoms. The van der Waals surface area contributed by atoms with Crippen LogP contribution in [0, 0.1) is 0 Å². The summed E-state index contributed by atoms with van der Waals surface area (Å²) in [7, 11) is -3.97. The number of β-lactam (4-membered cyclic amide) rings is 1. The lowest BCUT2D eigenvalue weighted by atomic mass is 10.0. The zero-order valence-electron chi connectivity index (χ0n) is 17.2. The second-order valence-corrected chi connectivity index (χ2v) is 9.97. The summed E-state index contributed by atoms with van der Waals surface area (Å²) in [6.07, 6.45) is 1.61. The number of nitrogens with zero attached hydrogens (tertiary/aromatic N) is 4. The van der Waals surface area contributed by atoms with Crippen molar-refractivity contribution in [2.75, 3.05) is 6.61 Å². The monoisotopic (exact) mass is 458 g/mol. The molecule has 170 valence electrons. The Morgan fingerprint density at radius 3 is 2.74 bits per heavy atom. The average molecular weight is 458 g/mol. The number of hydrogen-bond donors (Lipinski definition) is 2. The van der Waals surface area contributed by atoms with E-state index in [2.05, 4.69) is 10.5 Å². The number of hydrogen-bond acceptors (Lipinski definition) is 9. The van der Waals surface area contributed by atoms with Gasteiger partial charge in [-0.2, -0.15) is 0 Å². The number of esters is 1. The Morgan fingerprint density at radius 2 is 2.19 bits per heavy atom. The molecule has 2 aliphatic rings. The van der Waals surface area contributed by atoms with Crippen molar-refractivity contribution in [1.82, 2.24) is 20.1 Å². The highest BCUT2D eigenvalue weighted by molar-refractivity contribution is 7.93. The predicted molar refractivity (Wildman–Crippen MR) is 100 cm³/mol. The van der Waals surface area contributed by atoms with E-state index in [4.69, 9.17) is 4.74 Å². The summed E-state index contributed by atoms with van der Waals surface area (Å²) in [5.74, 6) is -1.91. The number of nitrogens with one attached hydrogen (secondary N) is 1. The van der Waals surface area contributed by atoms with Gasteiger partial charge in [-0.05, 0) is 20.8 Å². The number of sulfone groups is 1. The Balaban J connectivity index is 1.80. The lowest BCUT2D eigenvalue weighted by molar-refractivity contribution is -0.744. The molecular weight excluding hydrogens is 434 g/mol. The van der Waals surface area contributed by atoms with E-state index in [-0.39, 0.29) is 13.0 Å². The summed E-state index contributed by atoms with van der Waals surface area (Å²) >= 11 is 0. The van der Waals surface area contributed by atoms with Crippen molar-refractivity contribution in [3.8, 4) is 0 Å². The molecule has 0 bridgehead atoms. The summed E-state index contributed by atoms with van der Waals surface area (Å²) in [4.78, 5) is 46.9. The van der Waals surface area contributed by atoms with E-state index in [1.165, 1.54) is 26.2 Å². The molecule has 3 rings (SSSR count). The van der Waals surface area contributed by atoms with Gasteiger partial charge in [0.25, 0.3) is 10.8 Å². The van der Waals surface area contributed by atoms with Gasteiger partial charge in [-0.1, -0.05) is 0 Å². The third-order valence-electron chi connectivity index (χ3n) is 5.55. The van der Waals surface area contributed by atoms with Crippen LogP contribution in [0.25, 0.3) is 0 Å². The lowest BCUT2D eigenvalue weighted by Gasteiger charge is -2.34. The summed E-state index contributed by atoms with van der Waals surface area (Å²) in [5, 5.41) is 15.1. The summed E-state index contributed by atoms with van der Waals surface area (Å²) < 4.78 is 33.0. The van der Waals surface area contributed by atoms with Crippen LogP contribution in [0.4, 0.5) is 0 Å². The first-order chi connectivity index (χ1) is 14.5. The molecule has 2 amide bonds. The number of fused-ring (bicyclic) bond motifs is 1. The van der Waals surface area contributed by atoms with E-state index < -0.39 is 62.6 Å². The van der Waals surface area contributed by atoms with Gasteiger partial charge in [0.15, 0.2) is 25.0 Å². The number of amides is 2. The SMILES string of the molecule is CCOC(=O)C(NC(=O)C[n+]1ccn([C@@]2(C)[C@H](C=O)N3C(=O)CC3S2(=O)=O)n1)C(C)O. The Bertz CT molecular complexity index is 1020. The molecule has 1 aromatic heterocycles. The molecular formula is C17H24N5O8S+. The number of aldehydes is 1. The van der Waals surface area contributed by atoms with Gasteiger partial charge in [0, 0.05) is 0 Å². The van der Waals surface area contributed by atoms with Gasteiger partial charge in [0.1, 0.15) is 17.7 Å². The Morgan fingerprint density at radius 1 is 1.52 bits per heavy atom. The van der Waals surface area contributed by atoms with Crippen molar-refractivity contribution < 1.29 is 42.1 Å². The molecule has 3 unspecified atom stereocenters. The topological polar surface area (TPSA) is 169 Å². The van der Waals surface area contributed by atoms with E-state index in [9.17, 15) is 32.7 Å². The van der Waals surface area contributed by atoms with Gasteiger partial charge in [0.2, 0.25) is 15.7 Å². The van der Waals surface area contributed by atoms with Crippen LogP contribution >= 0.6 is 0 Å². The molecule has 0 saturated carbocycles. The minimum absolute atomic E-state index is 0.0720. The maximum absolute atomic E-state index is 13.0. The highest BCUT2D eigenvalue weighted by Gasteiger charge is 2.72. The quantitative estimate of drug-likeness (QED) is 0.177. The van der Waals surface area contributed by atoms with Gasteiger partial charge in [-0.25, -0.2) is 13.2 Å². The molecule has 0 radical (unpaired) electrons. The zero-order valence-corrected chi connectivity index (χ0v) is 18.0. The maximum atomic E-state index is 13.0. The number of rotatable bonds is 8. The molecule has 2 saturated heterocycles. The molecule has 31 heavy (non-hydrogen) atoms. The van der Waals surface area contributed by atoms with E-state index in [1.54, 1.807) is 6.92 Å². The Hall–Kier alpha value is -2.87. The van der Waals surface area contributed by atoms with Crippen LogP contribution in [-0.2, 0) is 45.2 Å². The third-order valence-corrected chi connectivity index (χ3v) is 8.24. The fourth-order valence-corrected chi connectivity index (χ4v) is 6.10. The van der Waals surface area contributed by atoms with E-state index in [1.807, 2.05) is 0 Å². The summed E-state index contributed by atoms with van der Waals surface area (Å²) in [6, 6.07) is -2.54. The van der Waals surface area contributed by atoms with Crippen LogP contribution in [0.3, 0.4) is 0 Å². The minimum atomic E-state index is -3.97. The molecule has 13 nitrogen and oxygen atoms in total. The molecule has 0 aromatic carbocycles. The number of aliphatic hydroxyl groups excluding tert-OH is 1. The molecule has 14 heteroatoms. The zero-order chi connectivity index (χ0) is 23.1. The number of ether oxygens (including phenoxy) is 1. The maximum Gasteiger partial charge on any atom is 0.331 e. The number of aliphatic hydroxyl groups is 1. The number of aromatic nitrogens is 3. The van der Waals surface area contributed by atoms with E-state index in [0.717, 1.165) is 14.3 Å². The van der Waals surface area contributed by atoms with Crippen LogP contribution in [0.15, 0.2) is 12.4 Å². The second-order valence-electron chi connectivity index (χ2n) is 7.51. The lowest BCUT2D eigenvalue weighted by Crippen LogP contribution is -2.56. The van der Waals surface area contributed by atoms with Crippen LogP contribution < -0.4 is 10.00 Å². The molecule has 5 atom stereocenters. The largest absolute Gasteiger partial charge is 0.464 e. The van der Waals surface area contributed by atoms with Gasteiger partial charge in [-0.3, -0.25) is 9.59 Å². The van der Waals surface area contributed by atoms with E-state index in [0.29, 0.717) is 6.29 Å². The van der Waals surface area contributed by atoms with Crippen molar-refractivity contribution in [2.45, 2.75) is 62.2 Å². The molecule has 0 aliphatic carbocycles. The van der Waals surface area contributed by atoms with Gasteiger partial charge >= 0.3 is 5.97 Å². The predicted octanol–water partition coefficient (Wildman–Crippen LogP) is -3.17. The van der Waals surface area contributed by atoms with Crippen molar-refractivity contribution in [2.24, 2.45) is 0 Å². The van der Waals surface area contributed by atoms with Gasteiger partial charge in [-0.15, -0.1) is 9.36 Å². The normalized spacial score (nSPS) is 28.3. The standard InChI is InChI=1S/C17H23N5O8S/c1-4-30-16(27)15(10(2)24)18-12(25)8-20-5-6-21(19-20)17(3)11(9-23)22-13(26)7-14(22)31(17,28)29/h5-6,9-11,14-15,24H,4,7-8H2,1-3H3/p+1/t10?,11-,14?,15?,17+/m0/s1. The summed E-state index contributed by atoms with van der Waals surface area (Å²) in [5.41, 5.74) is 0. The fraction of sp³-hybridized carbons (Fsp3) is 0.647. The Labute approximate surface area is 177 Å². The first kappa shape index (κ1) is 22.8. The van der Waals surface area contributed by atoms with Crippen molar-refractivity contribution in [3.63, 3.8) is 0 Å². The summed E-state index contributed by atoms with van der Waals surface area (Å²) in [6.45, 7) is 3.88. The van der Waals surface area contributed by atoms with Crippen molar-refractivity contribution in [3.05, 3.63) is 12.4 Å². The average Bonchev–Trinajstić information content (AvgIpc) is 3.20. The van der Waals surface area contributed by atoms with E-state index >= 15 is 0 Å². The smallest absolute Gasteiger partial charge is 0.331 e. The molecule has 1 aromatic rings. The first-order valence-electron chi connectivity index (χ1n) is 9.58. The molecule has 2 N–H and O–H groups in total. The van der Waals surface area contributed by atoms with Crippen LogP contribution in [0.1, 0.15) is 27.2 Å². The van der Waals surface area contributed by atoms with Gasteiger partial charge in [0.05, 0.1) is 24.3 Å². The second kappa shape index (κ2) is 8.00. The van der Waals surface area contributed by atoms with Crippen LogP contribution in [0.2, 0.25) is 0 Å². The first-order valence-corrected chi connectivity index (χ1v) is 11.1. The fourth-order valence-electron chi connectivity index (χ4n) is 3.77. The number of carbonyl (C=O) groups excluding carboxylic acids is 4. The third kappa shape index (κ3) is 3.48. The van der Waals surface area contributed by atoms with Crippen LogP contribution in [-0.4, -0.2) is 82.6 Å². The molecule has 2 aliphatic heterocycles. The molecule has 2 fully saturated rings. The Kier molecular flexibility index (Phi) is 5.88. The van der Waals surface area contributed by atoms with Crippen LogP contribution in [0.5, 0.6) is 0 Å². The van der Waals surface area contributed by atoms with Crippen molar-refractivity contribution >= 4 is 33.9 Å².